The van der Waals surface area contributed by atoms with E-state index in [1.54, 1.807) is 0 Å². The van der Waals surface area contributed by atoms with Crippen molar-refractivity contribution in [2.24, 2.45) is 11.7 Å². The Balaban J connectivity index is 2.63. The molecule has 96 valence electrons. The Bertz CT molecular complexity index is 220. The van der Waals surface area contributed by atoms with Crippen molar-refractivity contribution in [1.82, 2.24) is 0 Å². The third-order valence-corrected chi connectivity index (χ3v) is 3.53. The fourth-order valence-corrected chi connectivity index (χ4v) is 2.52. The first-order valence-corrected chi connectivity index (χ1v) is 5.91. The molecule has 2 atom stereocenters. The van der Waals surface area contributed by atoms with Gasteiger partial charge in [-0.1, -0.05) is 19.3 Å². The van der Waals surface area contributed by atoms with Crippen molar-refractivity contribution >= 4 is 0 Å². The van der Waals surface area contributed by atoms with Crippen molar-refractivity contribution in [3.63, 3.8) is 0 Å². The molecule has 1 saturated carbocycles. The second-order valence-corrected chi connectivity index (χ2v) is 4.65. The van der Waals surface area contributed by atoms with Gasteiger partial charge in [-0.3, -0.25) is 0 Å². The van der Waals surface area contributed by atoms with E-state index in [0.29, 0.717) is 32.2 Å². The van der Waals surface area contributed by atoms with E-state index in [9.17, 15) is 18.3 Å². The first kappa shape index (κ1) is 13.8. The van der Waals surface area contributed by atoms with Gasteiger partial charge in [0.05, 0.1) is 0 Å². The average Bonchev–Trinajstić information content (AvgIpc) is 2.19. The molecule has 0 heterocycles. The second-order valence-electron chi connectivity index (χ2n) is 4.65. The molecule has 0 aromatic heterocycles. The topological polar surface area (TPSA) is 46.2 Å². The Morgan fingerprint density at radius 2 is 1.94 bits per heavy atom. The lowest BCUT2D eigenvalue weighted by atomic mass is 9.72. The zero-order valence-corrected chi connectivity index (χ0v) is 9.39. The van der Waals surface area contributed by atoms with Crippen LogP contribution in [0, 0.1) is 5.92 Å². The Morgan fingerprint density at radius 3 is 2.50 bits per heavy atom. The minimum atomic E-state index is -4.50. The van der Waals surface area contributed by atoms with Gasteiger partial charge in [-0.2, -0.15) is 13.2 Å². The fraction of sp³-hybridized carbons (Fsp3) is 1.00. The van der Waals surface area contributed by atoms with Crippen molar-refractivity contribution in [3.05, 3.63) is 0 Å². The number of rotatable bonds is 4. The number of halogens is 3. The molecule has 1 aliphatic rings. The first-order chi connectivity index (χ1) is 7.42. The van der Waals surface area contributed by atoms with Gasteiger partial charge in [-0.15, -0.1) is 0 Å². The smallest absolute Gasteiger partial charge is 0.380 e. The maximum Gasteiger partial charge on any atom is 0.417 e. The van der Waals surface area contributed by atoms with E-state index < -0.39 is 17.7 Å². The van der Waals surface area contributed by atoms with Gasteiger partial charge in [0.15, 0.2) is 5.60 Å². The van der Waals surface area contributed by atoms with Crippen molar-refractivity contribution in [3.8, 4) is 0 Å². The molecular weight excluding hydrogens is 219 g/mol. The summed E-state index contributed by atoms with van der Waals surface area (Å²) in [4.78, 5) is 0. The van der Waals surface area contributed by atoms with Crippen LogP contribution in [-0.2, 0) is 0 Å². The molecule has 1 aliphatic carbocycles. The predicted octanol–water partition coefficient (Wildman–Crippen LogP) is 2.60. The third kappa shape index (κ3) is 2.88. The van der Waals surface area contributed by atoms with E-state index in [2.05, 4.69) is 0 Å². The second kappa shape index (κ2) is 5.36. The summed E-state index contributed by atoms with van der Waals surface area (Å²) < 4.78 is 38.4. The molecule has 5 heteroatoms. The SMILES string of the molecule is NCCCCC1CCCCC1(O)C(F)(F)F. The van der Waals surface area contributed by atoms with Crippen molar-refractivity contribution in [2.45, 2.75) is 56.7 Å². The molecular formula is C11H20F3NO. The van der Waals surface area contributed by atoms with Crippen LogP contribution in [0.3, 0.4) is 0 Å². The lowest BCUT2D eigenvalue weighted by molar-refractivity contribution is -0.289. The Kier molecular flexibility index (Phi) is 4.62. The van der Waals surface area contributed by atoms with Gasteiger partial charge >= 0.3 is 6.18 Å². The fourth-order valence-electron chi connectivity index (χ4n) is 2.52. The van der Waals surface area contributed by atoms with E-state index >= 15 is 0 Å². The summed E-state index contributed by atoms with van der Waals surface area (Å²) in [6.07, 6.45) is -1.11. The van der Waals surface area contributed by atoms with E-state index in [0.717, 1.165) is 12.8 Å². The molecule has 0 aliphatic heterocycles. The van der Waals surface area contributed by atoms with Crippen LogP contribution >= 0.6 is 0 Å². The Morgan fingerprint density at radius 1 is 1.25 bits per heavy atom. The number of hydrogen-bond acceptors (Lipinski definition) is 2. The van der Waals surface area contributed by atoms with Gasteiger partial charge in [-0.05, 0) is 38.1 Å². The van der Waals surface area contributed by atoms with Crippen LogP contribution in [0.5, 0.6) is 0 Å². The number of alkyl halides is 3. The summed E-state index contributed by atoms with van der Waals surface area (Å²) in [7, 11) is 0. The maximum atomic E-state index is 12.8. The minimum absolute atomic E-state index is 0.149. The summed E-state index contributed by atoms with van der Waals surface area (Å²) in [6, 6.07) is 0. The van der Waals surface area contributed by atoms with Crippen LogP contribution in [0.2, 0.25) is 0 Å². The van der Waals surface area contributed by atoms with Gasteiger partial charge in [0, 0.05) is 0 Å². The van der Waals surface area contributed by atoms with Gasteiger partial charge in [0.25, 0.3) is 0 Å². The lowest BCUT2D eigenvalue weighted by Crippen LogP contribution is -2.52. The van der Waals surface area contributed by atoms with Crippen molar-refractivity contribution in [1.29, 1.82) is 0 Å². The first-order valence-electron chi connectivity index (χ1n) is 5.91. The molecule has 1 rings (SSSR count). The molecule has 3 N–H and O–H groups in total. The number of unbranched alkanes of at least 4 members (excludes halogenated alkanes) is 1. The number of aliphatic hydroxyl groups is 1. The highest BCUT2D eigenvalue weighted by molar-refractivity contribution is 4.95. The molecule has 0 aromatic carbocycles. The average molecular weight is 239 g/mol. The van der Waals surface area contributed by atoms with Crippen LogP contribution in [0.1, 0.15) is 44.9 Å². The molecule has 1 fully saturated rings. The van der Waals surface area contributed by atoms with Crippen LogP contribution in [-0.4, -0.2) is 23.4 Å². The molecule has 0 aromatic rings. The molecule has 0 amide bonds. The van der Waals surface area contributed by atoms with Crippen LogP contribution in [0.4, 0.5) is 13.2 Å². The van der Waals surface area contributed by atoms with E-state index in [1.165, 1.54) is 0 Å². The highest BCUT2D eigenvalue weighted by atomic mass is 19.4. The summed E-state index contributed by atoms with van der Waals surface area (Å²) >= 11 is 0. The summed E-state index contributed by atoms with van der Waals surface area (Å²) in [6.45, 7) is 0.497. The van der Waals surface area contributed by atoms with E-state index in [1.807, 2.05) is 0 Å². The monoisotopic (exact) mass is 239 g/mol. The van der Waals surface area contributed by atoms with Crippen LogP contribution in [0.25, 0.3) is 0 Å². The predicted molar refractivity (Wildman–Crippen MR) is 55.9 cm³/mol. The highest BCUT2D eigenvalue weighted by Crippen LogP contribution is 2.46. The molecule has 2 nitrogen and oxygen atoms in total. The van der Waals surface area contributed by atoms with Gasteiger partial charge in [-0.25, -0.2) is 0 Å². The largest absolute Gasteiger partial charge is 0.417 e. The molecule has 0 saturated heterocycles. The standard InChI is InChI=1S/C11H20F3NO/c12-11(13,14)10(16)7-3-1-5-9(10)6-2-4-8-15/h9,16H,1-8,15H2. The molecule has 0 spiro atoms. The summed E-state index contributed by atoms with van der Waals surface area (Å²) in [5.74, 6) is -0.646. The molecule has 2 unspecified atom stereocenters. The Hall–Kier alpha value is -0.290. The van der Waals surface area contributed by atoms with Gasteiger partial charge in [0.1, 0.15) is 0 Å². The number of hydrogen-bond donors (Lipinski definition) is 2. The third-order valence-electron chi connectivity index (χ3n) is 3.53. The van der Waals surface area contributed by atoms with Crippen molar-refractivity contribution < 1.29 is 18.3 Å². The maximum absolute atomic E-state index is 12.8. The van der Waals surface area contributed by atoms with Gasteiger partial charge in [0.2, 0.25) is 0 Å². The van der Waals surface area contributed by atoms with Crippen molar-refractivity contribution in [2.75, 3.05) is 6.54 Å². The lowest BCUT2D eigenvalue weighted by Gasteiger charge is -2.41. The minimum Gasteiger partial charge on any atom is -0.380 e. The van der Waals surface area contributed by atoms with E-state index in [-0.39, 0.29) is 6.42 Å². The van der Waals surface area contributed by atoms with Crippen LogP contribution in [0.15, 0.2) is 0 Å². The Labute approximate surface area is 94.0 Å². The summed E-state index contributed by atoms with van der Waals surface area (Å²) in [5.41, 5.74) is 2.85. The van der Waals surface area contributed by atoms with Crippen LogP contribution < -0.4 is 5.73 Å². The zero-order chi connectivity index (χ0) is 12.2. The normalized spacial score (nSPS) is 31.7. The van der Waals surface area contributed by atoms with Gasteiger partial charge < -0.3 is 10.8 Å². The summed E-state index contributed by atoms with van der Waals surface area (Å²) in [5, 5.41) is 9.81. The molecule has 16 heavy (non-hydrogen) atoms. The quantitative estimate of drug-likeness (QED) is 0.741. The zero-order valence-electron chi connectivity index (χ0n) is 9.39. The number of nitrogens with two attached hydrogens (primary N) is 1. The molecule has 0 bridgehead atoms. The highest BCUT2D eigenvalue weighted by Gasteiger charge is 2.58. The molecule has 0 radical (unpaired) electrons. The van der Waals surface area contributed by atoms with E-state index in [4.69, 9.17) is 5.73 Å².